The summed E-state index contributed by atoms with van der Waals surface area (Å²) in [5.41, 5.74) is 2.67. The molecule has 0 saturated carbocycles. The molecule has 0 aliphatic heterocycles. The van der Waals surface area contributed by atoms with Gasteiger partial charge in [0.05, 0.1) is 10.6 Å². The molecule has 4 aromatic rings. The lowest BCUT2D eigenvalue weighted by Gasteiger charge is -2.35. The van der Waals surface area contributed by atoms with Crippen LogP contribution in [0, 0.1) is 13.8 Å². The van der Waals surface area contributed by atoms with Crippen molar-refractivity contribution in [1.29, 1.82) is 0 Å². The lowest BCUT2D eigenvalue weighted by atomic mass is 10.0. The largest absolute Gasteiger partial charge is 0.350 e. The molecule has 4 aromatic carbocycles. The standard InChI is InChI=1S/C36H39Cl2N3O4S/c1-25-19-26(2)21-28(20-25)41(46(44,45)29-15-10-7-11-16-29)24-34(42)40(23-30-31(37)17-12-18-32(30)38)33(35(43)39-36(3,4)5)22-27-13-8-6-9-14-27/h6-21,33H,22-24H2,1-5H3,(H,39,43). The third-order valence-corrected chi connectivity index (χ3v) is 9.76. The Hall–Kier alpha value is -3.85. The van der Waals surface area contributed by atoms with E-state index in [4.69, 9.17) is 23.2 Å². The van der Waals surface area contributed by atoms with Gasteiger partial charge in [0.25, 0.3) is 10.0 Å². The molecule has 0 bridgehead atoms. The van der Waals surface area contributed by atoms with Gasteiger partial charge in [-0.3, -0.25) is 13.9 Å². The second kappa shape index (κ2) is 14.7. The van der Waals surface area contributed by atoms with Crippen LogP contribution < -0.4 is 9.62 Å². The number of amides is 2. The summed E-state index contributed by atoms with van der Waals surface area (Å²) in [7, 11) is -4.21. The molecule has 0 aliphatic rings. The van der Waals surface area contributed by atoms with E-state index in [9.17, 15) is 18.0 Å². The van der Waals surface area contributed by atoms with E-state index >= 15 is 0 Å². The van der Waals surface area contributed by atoms with Gasteiger partial charge in [-0.2, -0.15) is 0 Å². The summed E-state index contributed by atoms with van der Waals surface area (Å²) in [5.74, 6) is -0.989. The summed E-state index contributed by atoms with van der Waals surface area (Å²) < 4.78 is 29.5. The number of halogens is 2. The van der Waals surface area contributed by atoms with Gasteiger partial charge in [0.15, 0.2) is 0 Å². The van der Waals surface area contributed by atoms with Crippen molar-refractivity contribution < 1.29 is 18.0 Å². The van der Waals surface area contributed by atoms with Crippen LogP contribution in [0.4, 0.5) is 5.69 Å². The number of aryl methyl sites for hydroxylation is 2. The highest BCUT2D eigenvalue weighted by atomic mass is 35.5. The second-order valence-electron chi connectivity index (χ2n) is 12.3. The van der Waals surface area contributed by atoms with Gasteiger partial charge in [0.1, 0.15) is 12.6 Å². The molecule has 0 fully saturated rings. The third-order valence-electron chi connectivity index (χ3n) is 7.26. The summed E-state index contributed by atoms with van der Waals surface area (Å²) in [6.45, 7) is 8.60. The van der Waals surface area contributed by atoms with Crippen LogP contribution in [-0.4, -0.2) is 43.3 Å². The Morgan fingerprint density at radius 3 is 1.89 bits per heavy atom. The SMILES string of the molecule is Cc1cc(C)cc(N(CC(=O)N(Cc2c(Cl)cccc2Cl)C(Cc2ccccc2)C(=O)NC(C)(C)C)S(=O)(=O)c2ccccc2)c1. The minimum atomic E-state index is -4.21. The quantitative estimate of drug-likeness (QED) is 0.179. The number of sulfonamides is 1. The molecular weight excluding hydrogens is 641 g/mol. The number of anilines is 1. The third kappa shape index (κ3) is 8.90. The Morgan fingerprint density at radius 1 is 0.804 bits per heavy atom. The molecule has 0 radical (unpaired) electrons. The second-order valence-corrected chi connectivity index (χ2v) is 15.0. The number of nitrogens with zero attached hydrogens (tertiary/aromatic N) is 2. The molecule has 1 unspecified atom stereocenters. The Labute approximate surface area is 282 Å². The number of hydrogen-bond acceptors (Lipinski definition) is 4. The van der Waals surface area contributed by atoms with Crippen molar-refractivity contribution in [1.82, 2.24) is 10.2 Å². The maximum Gasteiger partial charge on any atom is 0.264 e. The smallest absolute Gasteiger partial charge is 0.264 e. The molecular formula is C36H39Cl2N3O4S. The molecule has 10 heteroatoms. The lowest BCUT2D eigenvalue weighted by Crippen LogP contribution is -2.56. The first kappa shape index (κ1) is 35.0. The van der Waals surface area contributed by atoms with E-state index in [0.29, 0.717) is 21.3 Å². The molecule has 242 valence electrons. The number of hydrogen-bond donors (Lipinski definition) is 1. The minimum Gasteiger partial charge on any atom is -0.350 e. The maximum absolute atomic E-state index is 14.7. The van der Waals surface area contributed by atoms with E-state index in [2.05, 4.69) is 5.32 Å². The minimum absolute atomic E-state index is 0.0361. The molecule has 4 rings (SSSR count). The van der Waals surface area contributed by atoms with Gasteiger partial charge in [-0.1, -0.05) is 83.9 Å². The topological polar surface area (TPSA) is 86.8 Å². The van der Waals surface area contributed by atoms with Crippen molar-refractivity contribution in [2.45, 2.75) is 64.1 Å². The van der Waals surface area contributed by atoms with E-state index in [1.807, 2.05) is 71.0 Å². The van der Waals surface area contributed by atoms with E-state index in [-0.39, 0.29) is 17.9 Å². The fourth-order valence-electron chi connectivity index (χ4n) is 5.20. The van der Waals surface area contributed by atoms with Crippen LogP contribution in [0.2, 0.25) is 10.0 Å². The fraction of sp³-hybridized carbons (Fsp3) is 0.278. The zero-order valence-electron chi connectivity index (χ0n) is 26.6. The number of nitrogens with one attached hydrogen (secondary N) is 1. The first-order chi connectivity index (χ1) is 21.7. The van der Waals surface area contributed by atoms with E-state index in [1.54, 1.807) is 48.5 Å². The molecule has 0 heterocycles. The average molecular weight is 681 g/mol. The first-order valence-electron chi connectivity index (χ1n) is 14.9. The van der Waals surface area contributed by atoms with Gasteiger partial charge >= 0.3 is 0 Å². The summed E-state index contributed by atoms with van der Waals surface area (Å²) in [6.07, 6.45) is 0.172. The Bertz CT molecular complexity index is 1750. The molecule has 0 aliphatic carbocycles. The van der Waals surface area contributed by atoms with Crippen LogP contribution in [-0.2, 0) is 32.6 Å². The summed E-state index contributed by atoms with van der Waals surface area (Å²) in [5, 5.41) is 3.66. The van der Waals surface area contributed by atoms with Crippen LogP contribution in [0.5, 0.6) is 0 Å². The van der Waals surface area contributed by atoms with Crippen molar-refractivity contribution in [3.05, 3.63) is 129 Å². The Morgan fingerprint density at radius 2 is 1.35 bits per heavy atom. The predicted octanol–water partition coefficient (Wildman–Crippen LogP) is 7.36. The number of carbonyl (C=O) groups is 2. The molecule has 46 heavy (non-hydrogen) atoms. The molecule has 0 spiro atoms. The maximum atomic E-state index is 14.7. The summed E-state index contributed by atoms with van der Waals surface area (Å²) in [4.78, 5) is 30.1. The Kier molecular flexibility index (Phi) is 11.2. The van der Waals surface area contributed by atoms with Crippen molar-refractivity contribution in [3.8, 4) is 0 Å². The van der Waals surface area contributed by atoms with Crippen LogP contribution in [0.1, 0.15) is 43.0 Å². The van der Waals surface area contributed by atoms with Gasteiger partial charge in [-0.05, 0) is 87.7 Å². The highest BCUT2D eigenvalue weighted by molar-refractivity contribution is 7.92. The number of rotatable bonds is 11. The number of carbonyl (C=O) groups excluding carboxylic acids is 2. The van der Waals surface area contributed by atoms with Gasteiger partial charge in [-0.15, -0.1) is 0 Å². The highest BCUT2D eigenvalue weighted by Gasteiger charge is 2.36. The van der Waals surface area contributed by atoms with E-state index in [1.165, 1.54) is 17.0 Å². The van der Waals surface area contributed by atoms with Gasteiger partial charge < -0.3 is 10.2 Å². The van der Waals surface area contributed by atoms with Crippen molar-refractivity contribution >= 4 is 50.7 Å². The van der Waals surface area contributed by atoms with Crippen LogP contribution in [0.15, 0.2) is 102 Å². The zero-order valence-corrected chi connectivity index (χ0v) is 29.0. The number of benzene rings is 4. The monoisotopic (exact) mass is 679 g/mol. The highest BCUT2D eigenvalue weighted by Crippen LogP contribution is 2.30. The van der Waals surface area contributed by atoms with Crippen molar-refractivity contribution in [2.24, 2.45) is 0 Å². The van der Waals surface area contributed by atoms with Gasteiger partial charge in [0, 0.05) is 34.1 Å². The summed E-state index contributed by atoms with van der Waals surface area (Å²) in [6, 6.07) is 26.7. The van der Waals surface area contributed by atoms with E-state index in [0.717, 1.165) is 21.0 Å². The summed E-state index contributed by atoms with van der Waals surface area (Å²) >= 11 is 13.2. The first-order valence-corrected chi connectivity index (χ1v) is 17.1. The molecule has 7 nitrogen and oxygen atoms in total. The van der Waals surface area contributed by atoms with Gasteiger partial charge in [-0.25, -0.2) is 8.42 Å². The lowest BCUT2D eigenvalue weighted by molar-refractivity contribution is -0.140. The van der Waals surface area contributed by atoms with Gasteiger partial charge in [0.2, 0.25) is 11.8 Å². The molecule has 0 aromatic heterocycles. The molecule has 1 N–H and O–H groups in total. The average Bonchev–Trinajstić information content (AvgIpc) is 2.98. The van der Waals surface area contributed by atoms with E-state index < -0.39 is 40.0 Å². The van der Waals surface area contributed by atoms with Crippen molar-refractivity contribution in [2.75, 3.05) is 10.8 Å². The molecule has 0 saturated heterocycles. The van der Waals surface area contributed by atoms with Crippen LogP contribution >= 0.6 is 23.2 Å². The van der Waals surface area contributed by atoms with Crippen LogP contribution in [0.3, 0.4) is 0 Å². The predicted molar refractivity (Wildman–Crippen MR) is 186 cm³/mol. The molecule has 2 amide bonds. The van der Waals surface area contributed by atoms with Crippen LogP contribution in [0.25, 0.3) is 0 Å². The zero-order chi connectivity index (χ0) is 33.6. The van der Waals surface area contributed by atoms with Crippen molar-refractivity contribution in [3.63, 3.8) is 0 Å². The Balaban J connectivity index is 1.87. The molecule has 1 atom stereocenters. The normalized spacial score (nSPS) is 12.3. The fourth-order valence-corrected chi connectivity index (χ4v) is 7.14.